The smallest absolute Gasteiger partial charge is 0.338 e. The van der Waals surface area contributed by atoms with Crippen LogP contribution in [0, 0.1) is 0 Å². The molecule has 394 valence electrons. The number of hydrogen-bond acceptors (Lipinski definition) is 17. The molecule has 77 heavy (non-hydrogen) atoms. The van der Waals surface area contributed by atoms with Gasteiger partial charge in [-0.1, -0.05) is 109 Å². The Morgan fingerprint density at radius 3 is 0.792 bits per heavy atom. The van der Waals surface area contributed by atoms with Crippen LogP contribution in [0.25, 0.3) is 0 Å². The zero-order valence-electron chi connectivity index (χ0n) is 41.6. The van der Waals surface area contributed by atoms with Gasteiger partial charge in [0.2, 0.25) is 0 Å². The molecule has 7 aromatic rings. The lowest BCUT2D eigenvalue weighted by Gasteiger charge is -2.43. The third-order valence-corrected chi connectivity index (χ3v) is 12.6. The molecular formula is C60H52O17. The fourth-order valence-electron chi connectivity index (χ4n) is 8.60. The summed E-state index contributed by atoms with van der Waals surface area (Å²) < 4.78 is 67.7. The van der Waals surface area contributed by atoms with E-state index in [4.69, 9.17) is 51.8 Å². The summed E-state index contributed by atoms with van der Waals surface area (Å²) in [6, 6.07) is 48.8. The highest BCUT2D eigenvalue weighted by atomic mass is 16.7. The molecule has 0 aliphatic carbocycles. The molecule has 0 bridgehead atoms. The van der Waals surface area contributed by atoms with Gasteiger partial charge in [-0.15, -0.1) is 0 Å². The molecule has 1 aromatic heterocycles. The van der Waals surface area contributed by atoms with Crippen LogP contribution in [0.4, 0.5) is 0 Å². The third-order valence-electron chi connectivity index (χ3n) is 12.6. The summed E-state index contributed by atoms with van der Waals surface area (Å²) in [5.74, 6) is -4.74. The first kappa shape index (κ1) is 53.1. The topological polar surface area (TPSA) is 208 Å². The van der Waals surface area contributed by atoms with Gasteiger partial charge in [-0.2, -0.15) is 0 Å². The van der Waals surface area contributed by atoms with Gasteiger partial charge in [0.25, 0.3) is 0 Å². The molecule has 0 saturated carbocycles. The molecule has 0 N–H and O–H groups in total. The first-order valence-electron chi connectivity index (χ1n) is 24.6. The van der Waals surface area contributed by atoms with Gasteiger partial charge >= 0.3 is 35.8 Å². The number of hydrogen-bond donors (Lipinski definition) is 0. The molecule has 2 aliphatic heterocycles. The maximum Gasteiger partial charge on any atom is 0.338 e. The number of carbonyl (C=O) groups excluding carboxylic acids is 6. The van der Waals surface area contributed by atoms with Crippen molar-refractivity contribution in [3.8, 4) is 0 Å². The van der Waals surface area contributed by atoms with Gasteiger partial charge in [-0.05, 0) is 86.6 Å². The Bertz CT molecular complexity index is 2880. The Morgan fingerprint density at radius 2 is 0.545 bits per heavy atom. The summed E-state index contributed by atoms with van der Waals surface area (Å²) >= 11 is 0. The van der Waals surface area contributed by atoms with Crippen molar-refractivity contribution in [1.82, 2.24) is 0 Å². The van der Waals surface area contributed by atoms with E-state index < -0.39 is 97.2 Å². The lowest BCUT2D eigenvalue weighted by Crippen LogP contribution is -2.61. The molecule has 2 fully saturated rings. The molecule has 4 unspecified atom stereocenters. The summed E-state index contributed by atoms with van der Waals surface area (Å²) in [7, 11) is 0. The predicted octanol–water partition coefficient (Wildman–Crippen LogP) is 9.16. The van der Waals surface area contributed by atoms with Gasteiger partial charge < -0.3 is 51.8 Å². The van der Waals surface area contributed by atoms with Crippen LogP contribution in [-0.2, 0) is 60.6 Å². The summed E-state index contributed by atoms with van der Waals surface area (Å²) in [5.41, 5.74) is 1.88. The number of furan rings is 1. The fourth-order valence-corrected chi connectivity index (χ4v) is 8.60. The van der Waals surface area contributed by atoms with Gasteiger partial charge in [-0.3, -0.25) is 0 Å². The van der Waals surface area contributed by atoms with E-state index in [1.807, 2.05) is 0 Å². The minimum Gasteiger partial charge on any atom is -0.472 e. The molecule has 3 heterocycles. The fraction of sp³-hybridized carbons (Fsp3) is 0.233. The molecule has 0 amide bonds. The number of benzene rings is 6. The van der Waals surface area contributed by atoms with E-state index in [0.717, 1.165) is 0 Å². The molecule has 17 nitrogen and oxygen atoms in total. The van der Waals surface area contributed by atoms with Crippen molar-refractivity contribution in [1.29, 1.82) is 0 Å². The molecule has 2 aliphatic rings. The molecular weight excluding hydrogens is 993 g/mol. The van der Waals surface area contributed by atoms with E-state index in [9.17, 15) is 28.8 Å². The van der Waals surface area contributed by atoms with E-state index in [-0.39, 0.29) is 46.6 Å². The Hall–Kier alpha value is -8.74. The molecule has 10 atom stereocenters. The lowest BCUT2D eigenvalue weighted by atomic mass is 9.98. The van der Waals surface area contributed by atoms with Gasteiger partial charge in [0.15, 0.2) is 49.2 Å². The molecule has 9 rings (SSSR count). The van der Waals surface area contributed by atoms with E-state index >= 15 is 0 Å². The van der Waals surface area contributed by atoms with Crippen LogP contribution in [0.3, 0.4) is 0 Å². The van der Waals surface area contributed by atoms with E-state index in [1.165, 1.54) is 36.8 Å². The van der Waals surface area contributed by atoms with Crippen molar-refractivity contribution in [3.63, 3.8) is 0 Å². The molecule has 17 heteroatoms. The van der Waals surface area contributed by atoms with Crippen LogP contribution in [0.15, 0.2) is 199 Å². The molecule has 2 saturated heterocycles. The lowest BCUT2D eigenvalue weighted by molar-refractivity contribution is -0.295. The maximum absolute atomic E-state index is 13.9. The van der Waals surface area contributed by atoms with Gasteiger partial charge in [0, 0.05) is 11.1 Å². The Kier molecular flexibility index (Phi) is 17.4. The minimum atomic E-state index is -1.54. The number of carbonyl (C=O) groups is 6. The van der Waals surface area contributed by atoms with Gasteiger partial charge in [-0.25, -0.2) is 28.8 Å². The first-order valence-corrected chi connectivity index (χ1v) is 24.6. The highest BCUT2D eigenvalue weighted by Gasteiger charge is 2.53. The summed E-state index contributed by atoms with van der Waals surface area (Å²) in [4.78, 5) is 82.8. The quantitative estimate of drug-likeness (QED) is 0.0580. The van der Waals surface area contributed by atoms with Gasteiger partial charge in [0.1, 0.15) is 0 Å². The Labute approximate surface area is 442 Å². The van der Waals surface area contributed by atoms with Crippen molar-refractivity contribution in [2.24, 2.45) is 0 Å². The standard InChI is InChI=1S/C60H52O17/c1-37-47(72-53(61)39-21-9-3-10-22-39)49(74-55(63)41-25-13-5-14-26-41)51(76-57(65)43-29-17-7-18-30-43)59(70-37)68-35-45-33-67-34-46(45)36-69-60-52(77-58(66)44-31-19-8-20-32-44)50(75-56(64)42-27-15-6-16-28-42)48(38(2)71-60)73-54(62)40-23-11-4-12-24-40/h3-34,37-38,47-52,59-60H,35-36H2,1-2H3/t37-,38-,47-,48+,49?,50?,51?,52?,59-,60-/m0/s1. The van der Waals surface area contributed by atoms with Crippen molar-refractivity contribution in [3.05, 3.63) is 239 Å². The predicted molar refractivity (Wildman–Crippen MR) is 271 cm³/mol. The second-order valence-electron chi connectivity index (χ2n) is 17.9. The number of rotatable bonds is 18. The zero-order chi connectivity index (χ0) is 53.7. The molecule has 0 radical (unpaired) electrons. The second-order valence-corrected chi connectivity index (χ2v) is 17.9. The third kappa shape index (κ3) is 13.2. The van der Waals surface area contributed by atoms with Crippen LogP contribution in [0.1, 0.15) is 87.1 Å². The maximum atomic E-state index is 13.9. The second kappa shape index (κ2) is 25.2. The Morgan fingerprint density at radius 1 is 0.325 bits per heavy atom. The normalized spacial score (nSPS) is 22.8. The number of ether oxygens (including phenoxy) is 10. The number of esters is 6. The highest BCUT2D eigenvalue weighted by molar-refractivity contribution is 5.92. The van der Waals surface area contributed by atoms with Crippen molar-refractivity contribution in [2.75, 3.05) is 0 Å². The van der Waals surface area contributed by atoms with Crippen LogP contribution in [0.2, 0.25) is 0 Å². The summed E-state index contributed by atoms with van der Waals surface area (Å²) in [5, 5.41) is 0. The average Bonchev–Trinajstić information content (AvgIpc) is 3.96. The SMILES string of the molecule is C[C@@H]1O[C@H](OCc2cocc2CO[C@H]2O[C@@H](C)[C@@H](OC(=O)c3ccccc3)C(OC(=O)c3ccccc3)C2OC(=O)c2ccccc2)C(OC(=O)c2ccccc2)C(OC(=O)c2ccccc2)[C@H]1OC(=O)c1ccccc1. The molecule has 0 spiro atoms. The van der Waals surface area contributed by atoms with Crippen molar-refractivity contribution >= 4 is 35.8 Å². The van der Waals surface area contributed by atoms with Crippen LogP contribution in [-0.4, -0.2) is 97.2 Å². The monoisotopic (exact) mass is 1040 g/mol. The van der Waals surface area contributed by atoms with E-state index in [2.05, 4.69) is 0 Å². The minimum absolute atomic E-state index is 0.162. The molecule has 6 aromatic carbocycles. The highest BCUT2D eigenvalue weighted by Crippen LogP contribution is 2.34. The van der Waals surface area contributed by atoms with E-state index in [0.29, 0.717) is 11.1 Å². The van der Waals surface area contributed by atoms with Crippen LogP contribution >= 0.6 is 0 Å². The Balaban J connectivity index is 0.987. The van der Waals surface area contributed by atoms with Crippen molar-refractivity contribution < 1.29 is 80.6 Å². The van der Waals surface area contributed by atoms with E-state index in [1.54, 1.807) is 172 Å². The first-order chi connectivity index (χ1) is 37.5. The van der Waals surface area contributed by atoms with Crippen LogP contribution in [0.5, 0.6) is 0 Å². The zero-order valence-corrected chi connectivity index (χ0v) is 41.6. The van der Waals surface area contributed by atoms with Gasteiger partial charge in [0.05, 0.1) is 71.3 Å². The van der Waals surface area contributed by atoms with Crippen molar-refractivity contribution in [2.45, 2.75) is 88.5 Å². The summed E-state index contributed by atoms with van der Waals surface area (Å²) in [6.45, 7) is 2.61. The average molecular weight is 1050 g/mol. The van der Waals surface area contributed by atoms with Crippen LogP contribution < -0.4 is 0 Å². The largest absolute Gasteiger partial charge is 0.472 e. The summed E-state index contributed by atoms with van der Waals surface area (Å²) in [6.07, 6.45) is -10.9.